The van der Waals surface area contributed by atoms with E-state index in [0.29, 0.717) is 5.69 Å². The summed E-state index contributed by atoms with van der Waals surface area (Å²) in [7, 11) is -4.15. The molecule has 0 radical (unpaired) electrons. The number of carbonyl (C=O) groups is 2. The van der Waals surface area contributed by atoms with Crippen molar-refractivity contribution in [3.63, 3.8) is 0 Å². The van der Waals surface area contributed by atoms with E-state index in [-0.39, 0.29) is 23.8 Å². The number of benzene rings is 4. The fourth-order valence-electron chi connectivity index (χ4n) is 5.18. The molecular weight excluding hydrogens is 650 g/mol. The van der Waals surface area contributed by atoms with E-state index in [2.05, 4.69) is 21.2 Å². The fraction of sp³-hybridized carbons (Fsp3) is 0.278. The van der Waals surface area contributed by atoms with Crippen molar-refractivity contribution in [2.75, 3.05) is 10.8 Å². The molecule has 4 aromatic carbocycles. The minimum Gasteiger partial charge on any atom is -0.350 e. The van der Waals surface area contributed by atoms with Gasteiger partial charge >= 0.3 is 0 Å². The van der Waals surface area contributed by atoms with Gasteiger partial charge in [-0.15, -0.1) is 0 Å². The first-order chi connectivity index (χ1) is 21.2. The highest BCUT2D eigenvalue weighted by Gasteiger charge is 2.35. The van der Waals surface area contributed by atoms with Crippen LogP contribution in [-0.2, 0) is 32.6 Å². The second-order valence-electron chi connectivity index (χ2n) is 12.3. The summed E-state index contributed by atoms with van der Waals surface area (Å²) in [6.07, 6.45) is 0.248. The minimum absolute atomic E-state index is 0.0711. The van der Waals surface area contributed by atoms with Gasteiger partial charge in [-0.1, -0.05) is 82.7 Å². The van der Waals surface area contributed by atoms with Gasteiger partial charge in [0.15, 0.2) is 0 Å². The Morgan fingerprint density at radius 2 is 1.38 bits per heavy atom. The maximum atomic E-state index is 14.6. The number of nitrogens with one attached hydrogen (secondary N) is 1. The van der Waals surface area contributed by atoms with Gasteiger partial charge in [0.25, 0.3) is 10.0 Å². The summed E-state index contributed by atoms with van der Waals surface area (Å²) < 4.78 is 30.3. The number of hydrogen-bond donors (Lipinski definition) is 1. The molecule has 4 rings (SSSR count). The summed E-state index contributed by atoms with van der Waals surface area (Å²) in [4.78, 5) is 30.2. The number of aryl methyl sites for hydroxylation is 2. The number of anilines is 1. The van der Waals surface area contributed by atoms with Crippen molar-refractivity contribution in [1.29, 1.82) is 0 Å². The lowest BCUT2D eigenvalue weighted by molar-refractivity contribution is -0.140. The average molecular weight is 691 g/mol. The third-order valence-corrected chi connectivity index (χ3v) is 9.40. The maximum absolute atomic E-state index is 14.6. The Bertz CT molecular complexity index is 1720. The average Bonchev–Trinajstić information content (AvgIpc) is 2.97. The third-order valence-electron chi connectivity index (χ3n) is 7.12. The van der Waals surface area contributed by atoms with E-state index in [9.17, 15) is 18.0 Å². The third kappa shape index (κ3) is 9.28. The van der Waals surface area contributed by atoms with Crippen LogP contribution >= 0.6 is 15.9 Å². The van der Waals surface area contributed by atoms with Crippen LogP contribution in [0.15, 0.2) is 112 Å². The molecule has 9 heteroatoms. The molecule has 236 valence electrons. The van der Waals surface area contributed by atoms with Crippen molar-refractivity contribution in [2.24, 2.45) is 0 Å². The van der Waals surface area contributed by atoms with Crippen LogP contribution in [0, 0.1) is 13.8 Å². The Labute approximate surface area is 275 Å². The molecule has 0 aromatic heterocycles. The Morgan fingerprint density at radius 3 is 1.96 bits per heavy atom. The van der Waals surface area contributed by atoms with Gasteiger partial charge in [-0.25, -0.2) is 8.42 Å². The molecule has 0 aliphatic rings. The highest BCUT2D eigenvalue weighted by molar-refractivity contribution is 9.10. The fourth-order valence-corrected chi connectivity index (χ4v) is 7.05. The lowest BCUT2D eigenvalue weighted by atomic mass is 10.0. The standard InChI is InChI=1S/C36H40BrN3O4S/c1-26-19-27(2)21-31(20-26)40(45(43,44)32-17-10-7-11-18-32)25-34(41)39(24-29-15-12-16-30(37)22-29)33(35(42)38-36(3,4)5)23-28-13-8-6-9-14-28/h6-22,33H,23-25H2,1-5H3,(H,38,42)/t33-/m0/s1. The van der Waals surface area contributed by atoms with E-state index < -0.39 is 34.1 Å². The van der Waals surface area contributed by atoms with Gasteiger partial charge in [0.2, 0.25) is 11.8 Å². The highest BCUT2D eigenvalue weighted by Crippen LogP contribution is 2.27. The zero-order valence-electron chi connectivity index (χ0n) is 26.3. The van der Waals surface area contributed by atoms with Crippen molar-refractivity contribution in [3.8, 4) is 0 Å². The normalized spacial score (nSPS) is 12.3. The zero-order valence-corrected chi connectivity index (χ0v) is 28.7. The molecule has 0 spiro atoms. The van der Waals surface area contributed by atoms with Crippen LogP contribution in [-0.4, -0.2) is 43.3 Å². The molecule has 0 bridgehead atoms. The Kier molecular flexibility index (Phi) is 10.9. The van der Waals surface area contributed by atoms with Gasteiger partial charge in [0, 0.05) is 23.0 Å². The van der Waals surface area contributed by atoms with Crippen molar-refractivity contribution in [3.05, 3.63) is 130 Å². The van der Waals surface area contributed by atoms with Crippen LogP contribution in [0.2, 0.25) is 0 Å². The van der Waals surface area contributed by atoms with Gasteiger partial charge < -0.3 is 10.2 Å². The Morgan fingerprint density at radius 1 is 0.800 bits per heavy atom. The molecule has 45 heavy (non-hydrogen) atoms. The van der Waals surface area contributed by atoms with E-state index in [1.165, 1.54) is 17.0 Å². The van der Waals surface area contributed by atoms with Gasteiger partial charge in [0.1, 0.15) is 12.6 Å². The summed E-state index contributed by atoms with van der Waals surface area (Å²) in [6.45, 7) is 9.04. The van der Waals surface area contributed by atoms with Crippen molar-refractivity contribution in [1.82, 2.24) is 10.2 Å². The number of halogens is 1. The lowest BCUT2D eigenvalue weighted by Gasteiger charge is -2.35. The summed E-state index contributed by atoms with van der Waals surface area (Å²) >= 11 is 3.51. The van der Waals surface area contributed by atoms with Gasteiger partial charge in [-0.05, 0) is 93.3 Å². The molecule has 0 unspecified atom stereocenters. The van der Waals surface area contributed by atoms with Crippen molar-refractivity contribution < 1.29 is 18.0 Å². The quantitative estimate of drug-likeness (QED) is 0.187. The molecule has 4 aromatic rings. The molecule has 0 aliphatic carbocycles. The molecule has 1 atom stereocenters. The number of nitrogens with zero attached hydrogens (tertiary/aromatic N) is 2. The zero-order chi connectivity index (χ0) is 32.8. The van der Waals surface area contributed by atoms with Crippen LogP contribution in [0.1, 0.15) is 43.0 Å². The molecule has 0 saturated heterocycles. The number of hydrogen-bond acceptors (Lipinski definition) is 4. The number of carbonyl (C=O) groups excluding carboxylic acids is 2. The SMILES string of the molecule is Cc1cc(C)cc(N(CC(=O)N(Cc2cccc(Br)c2)[C@@H](Cc2ccccc2)C(=O)NC(C)(C)C)S(=O)(=O)c2ccccc2)c1. The van der Waals surface area contributed by atoms with E-state index in [4.69, 9.17) is 0 Å². The smallest absolute Gasteiger partial charge is 0.264 e. The first kappa shape index (κ1) is 33.9. The van der Waals surface area contributed by atoms with Crippen LogP contribution < -0.4 is 9.62 Å². The van der Waals surface area contributed by atoms with E-state index >= 15 is 0 Å². The van der Waals surface area contributed by atoms with Crippen molar-refractivity contribution in [2.45, 2.75) is 64.1 Å². The molecule has 7 nitrogen and oxygen atoms in total. The van der Waals surface area contributed by atoms with Gasteiger partial charge in [-0.3, -0.25) is 13.9 Å². The first-order valence-electron chi connectivity index (χ1n) is 14.8. The summed E-state index contributed by atoms with van der Waals surface area (Å²) in [5.74, 6) is -0.822. The monoisotopic (exact) mass is 689 g/mol. The Hall–Kier alpha value is -3.95. The summed E-state index contributed by atoms with van der Waals surface area (Å²) in [6, 6.07) is 29.7. The largest absolute Gasteiger partial charge is 0.350 e. The predicted molar refractivity (Wildman–Crippen MR) is 183 cm³/mol. The predicted octanol–water partition coefficient (Wildman–Crippen LogP) is 6.82. The topological polar surface area (TPSA) is 86.8 Å². The molecule has 0 aliphatic heterocycles. The minimum atomic E-state index is -4.15. The van der Waals surface area contributed by atoms with Crippen LogP contribution in [0.25, 0.3) is 0 Å². The van der Waals surface area contributed by atoms with E-state index in [1.54, 1.807) is 30.3 Å². The lowest BCUT2D eigenvalue weighted by Crippen LogP contribution is -2.56. The van der Waals surface area contributed by atoms with E-state index in [1.807, 2.05) is 95.3 Å². The molecule has 2 amide bonds. The van der Waals surface area contributed by atoms with Crippen LogP contribution in [0.5, 0.6) is 0 Å². The second kappa shape index (κ2) is 14.4. The second-order valence-corrected chi connectivity index (χ2v) is 15.0. The summed E-state index contributed by atoms with van der Waals surface area (Å²) in [5.41, 5.74) is 3.22. The Balaban J connectivity index is 1.84. The first-order valence-corrected chi connectivity index (χ1v) is 17.0. The molecule has 0 heterocycles. The number of rotatable bonds is 11. The molecule has 0 fully saturated rings. The van der Waals surface area contributed by atoms with Crippen molar-refractivity contribution >= 4 is 43.5 Å². The molecular formula is C36H40BrN3O4S. The van der Waals surface area contributed by atoms with Crippen LogP contribution in [0.3, 0.4) is 0 Å². The summed E-state index contributed by atoms with van der Waals surface area (Å²) in [5, 5.41) is 3.05. The number of sulfonamides is 1. The van der Waals surface area contributed by atoms with E-state index in [0.717, 1.165) is 31.0 Å². The molecule has 0 saturated carbocycles. The van der Waals surface area contributed by atoms with Gasteiger partial charge in [-0.2, -0.15) is 0 Å². The highest BCUT2D eigenvalue weighted by atomic mass is 79.9. The van der Waals surface area contributed by atoms with Crippen LogP contribution in [0.4, 0.5) is 5.69 Å². The maximum Gasteiger partial charge on any atom is 0.264 e. The number of amides is 2. The molecule has 1 N–H and O–H groups in total. The van der Waals surface area contributed by atoms with Gasteiger partial charge in [0.05, 0.1) is 10.6 Å².